The van der Waals surface area contributed by atoms with E-state index >= 15 is 0 Å². The molecule has 0 saturated heterocycles. The smallest absolute Gasteiger partial charge is 0.416 e. The van der Waals surface area contributed by atoms with Gasteiger partial charge in [0.05, 0.1) is 26.2 Å². The third-order valence-electron chi connectivity index (χ3n) is 5.86. The number of carbonyl (C=O) groups is 3. The van der Waals surface area contributed by atoms with E-state index in [0.29, 0.717) is 11.1 Å². The van der Waals surface area contributed by atoms with E-state index in [1.165, 1.54) is 55.5 Å². The fourth-order valence-electron chi connectivity index (χ4n) is 3.79. The quantitative estimate of drug-likeness (QED) is 0.196. The van der Waals surface area contributed by atoms with Crippen LogP contribution in [0.1, 0.15) is 32.6 Å². The van der Waals surface area contributed by atoms with Crippen molar-refractivity contribution < 1.29 is 37.0 Å². The van der Waals surface area contributed by atoms with Gasteiger partial charge in [-0.2, -0.15) is 13.2 Å². The number of esters is 1. The van der Waals surface area contributed by atoms with Gasteiger partial charge in [-0.3, -0.25) is 19.8 Å². The summed E-state index contributed by atoms with van der Waals surface area (Å²) in [6.07, 6.45) is -5.20. The molecule has 0 unspecified atom stereocenters. The molecule has 0 bridgehead atoms. The first-order valence-corrected chi connectivity index (χ1v) is 11.8. The lowest BCUT2D eigenvalue weighted by Crippen LogP contribution is -2.35. The number of nitrogens with two attached hydrogens (primary N) is 1. The topological polar surface area (TPSA) is 135 Å². The molecule has 2 amide bonds. The van der Waals surface area contributed by atoms with Crippen LogP contribution in [0.15, 0.2) is 66.7 Å². The summed E-state index contributed by atoms with van der Waals surface area (Å²) in [5.41, 5.74) is 5.95. The van der Waals surface area contributed by atoms with Crippen molar-refractivity contribution in [3.05, 3.63) is 94.5 Å². The van der Waals surface area contributed by atoms with Crippen molar-refractivity contribution >= 4 is 29.3 Å². The minimum absolute atomic E-state index is 0.0195. The number of rotatable bonds is 10. The summed E-state index contributed by atoms with van der Waals surface area (Å²) in [5, 5.41) is 10.0. The predicted octanol–water partition coefficient (Wildman–Crippen LogP) is 3.99. The summed E-state index contributed by atoms with van der Waals surface area (Å²) in [7, 11) is 2.45. The number of methoxy groups -OCH3 is 2. The normalized spacial score (nSPS) is 10.9. The first-order chi connectivity index (χ1) is 18.9. The van der Waals surface area contributed by atoms with Gasteiger partial charge in [0.15, 0.2) is 0 Å². The van der Waals surface area contributed by atoms with E-state index in [0.717, 1.165) is 6.07 Å². The molecule has 0 radical (unpaired) electrons. The molecule has 0 aliphatic heterocycles. The van der Waals surface area contributed by atoms with Gasteiger partial charge >= 0.3 is 12.1 Å². The minimum Gasteiger partial charge on any atom is -0.497 e. The van der Waals surface area contributed by atoms with Gasteiger partial charge in [-0.05, 0) is 47.5 Å². The number of ether oxygens (including phenoxy) is 2. The van der Waals surface area contributed by atoms with Crippen molar-refractivity contribution in [1.29, 1.82) is 5.41 Å². The van der Waals surface area contributed by atoms with Crippen molar-refractivity contribution in [3.8, 4) is 5.75 Å². The van der Waals surface area contributed by atoms with Crippen LogP contribution in [-0.4, -0.2) is 49.3 Å². The summed E-state index contributed by atoms with van der Waals surface area (Å²) in [5.74, 6) is -1.89. The number of nitrogen functional groups attached to an aromatic ring is 1. The number of benzene rings is 3. The molecule has 12 heteroatoms. The summed E-state index contributed by atoms with van der Waals surface area (Å²) >= 11 is 0. The van der Waals surface area contributed by atoms with Gasteiger partial charge in [0.2, 0.25) is 5.91 Å². The van der Waals surface area contributed by atoms with Crippen LogP contribution in [0, 0.1) is 5.41 Å². The van der Waals surface area contributed by atoms with Gasteiger partial charge in [-0.25, -0.2) is 0 Å². The maximum Gasteiger partial charge on any atom is 0.416 e. The highest BCUT2D eigenvalue weighted by Crippen LogP contribution is 2.34. The van der Waals surface area contributed by atoms with Gasteiger partial charge in [-0.1, -0.05) is 30.3 Å². The van der Waals surface area contributed by atoms with Crippen LogP contribution in [0.4, 0.5) is 18.9 Å². The highest BCUT2D eigenvalue weighted by Gasteiger charge is 2.34. The van der Waals surface area contributed by atoms with Crippen molar-refractivity contribution in [1.82, 2.24) is 4.90 Å². The SMILES string of the molecule is COC(=O)CN(Cc1ccc(C(=N)N)cc1)C(=O)c1ccc(NC(=O)Cc2ccc(OC)cc2C(F)(F)F)cc1. The Kier molecular flexibility index (Phi) is 9.49. The molecule has 0 heterocycles. The second-order valence-corrected chi connectivity index (χ2v) is 8.67. The van der Waals surface area contributed by atoms with E-state index in [1.54, 1.807) is 24.3 Å². The number of hydrogen-bond donors (Lipinski definition) is 3. The van der Waals surface area contributed by atoms with E-state index in [-0.39, 0.29) is 41.5 Å². The molecule has 4 N–H and O–H groups in total. The maximum atomic E-state index is 13.5. The number of alkyl halides is 3. The lowest BCUT2D eigenvalue weighted by atomic mass is 10.0. The second-order valence-electron chi connectivity index (χ2n) is 8.67. The van der Waals surface area contributed by atoms with Crippen LogP contribution in [0.2, 0.25) is 0 Å². The Morgan fingerprint density at radius 2 is 1.57 bits per heavy atom. The van der Waals surface area contributed by atoms with Crippen molar-refractivity contribution in [2.45, 2.75) is 19.1 Å². The molecule has 40 heavy (non-hydrogen) atoms. The zero-order chi connectivity index (χ0) is 29.4. The van der Waals surface area contributed by atoms with Crippen LogP contribution in [0.5, 0.6) is 5.75 Å². The molecule has 0 atom stereocenters. The van der Waals surface area contributed by atoms with Crippen molar-refractivity contribution in [3.63, 3.8) is 0 Å². The second kappa shape index (κ2) is 12.8. The lowest BCUT2D eigenvalue weighted by Gasteiger charge is -2.22. The zero-order valence-corrected chi connectivity index (χ0v) is 21.7. The van der Waals surface area contributed by atoms with Gasteiger partial charge in [-0.15, -0.1) is 0 Å². The molecule has 0 spiro atoms. The molecule has 210 valence electrons. The van der Waals surface area contributed by atoms with Crippen molar-refractivity contribution in [2.75, 3.05) is 26.1 Å². The third kappa shape index (κ3) is 7.82. The van der Waals surface area contributed by atoms with Gasteiger partial charge < -0.3 is 25.4 Å². The number of hydrogen-bond acceptors (Lipinski definition) is 6. The Labute approximate surface area is 228 Å². The fourth-order valence-corrected chi connectivity index (χ4v) is 3.79. The number of amidine groups is 1. The van der Waals surface area contributed by atoms with Gasteiger partial charge in [0, 0.05) is 23.4 Å². The first kappa shape index (κ1) is 29.7. The number of nitrogens with zero attached hydrogens (tertiary/aromatic N) is 1. The Bertz CT molecular complexity index is 1390. The molecule has 3 aromatic rings. The van der Waals surface area contributed by atoms with E-state index < -0.39 is 35.9 Å². The van der Waals surface area contributed by atoms with E-state index in [1.807, 2.05) is 0 Å². The fraction of sp³-hybridized carbons (Fsp3) is 0.214. The van der Waals surface area contributed by atoms with Crippen LogP contribution in [-0.2, 0) is 33.5 Å². The van der Waals surface area contributed by atoms with Gasteiger partial charge in [0.1, 0.15) is 18.1 Å². The molecule has 0 fully saturated rings. The summed E-state index contributed by atoms with van der Waals surface area (Å²) in [6.45, 7) is -0.264. The number of anilines is 1. The standard InChI is InChI=1S/C28H27F3N4O5/c1-39-22-12-9-20(23(14-22)28(29,30)31)13-24(36)34-21-10-7-19(8-11-21)27(38)35(16-25(37)40-2)15-17-3-5-18(6-4-17)26(32)33/h3-12,14H,13,15-16H2,1-2H3,(H3,32,33)(H,34,36). The molecular weight excluding hydrogens is 529 g/mol. The Hall–Kier alpha value is -4.87. The summed E-state index contributed by atoms with van der Waals surface area (Å²) < 4.78 is 49.9. The number of halogens is 3. The van der Waals surface area contributed by atoms with Crippen LogP contribution in [0.25, 0.3) is 0 Å². The number of carbonyl (C=O) groups excluding carboxylic acids is 3. The Balaban J connectivity index is 1.72. The first-order valence-electron chi connectivity index (χ1n) is 11.8. The van der Waals surface area contributed by atoms with E-state index in [9.17, 15) is 27.6 Å². The lowest BCUT2D eigenvalue weighted by molar-refractivity contribution is -0.141. The Morgan fingerprint density at radius 3 is 2.12 bits per heavy atom. The average Bonchev–Trinajstić information content (AvgIpc) is 2.92. The number of nitrogens with one attached hydrogen (secondary N) is 2. The monoisotopic (exact) mass is 556 g/mol. The molecule has 3 aromatic carbocycles. The van der Waals surface area contributed by atoms with E-state index in [2.05, 4.69) is 5.32 Å². The molecule has 0 saturated carbocycles. The number of amides is 2. The molecule has 0 aliphatic carbocycles. The zero-order valence-electron chi connectivity index (χ0n) is 21.7. The highest BCUT2D eigenvalue weighted by molar-refractivity contribution is 5.97. The van der Waals surface area contributed by atoms with Crippen LogP contribution in [0.3, 0.4) is 0 Å². The Morgan fingerprint density at radius 1 is 0.950 bits per heavy atom. The predicted molar refractivity (Wildman–Crippen MR) is 141 cm³/mol. The molecular formula is C28H27F3N4O5. The van der Waals surface area contributed by atoms with Crippen LogP contribution >= 0.6 is 0 Å². The molecule has 0 aliphatic rings. The minimum atomic E-state index is -4.67. The average molecular weight is 557 g/mol. The van der Waals surface area contributed by atoms with E-state index in [4.69, 9.17) is 20.6 Å². The highest BCUT2D eigenvalue weighted by atomic mass is 19.4. The summed E-state index contributed by atoms with van der Waals surface area (Å²) in [4.78, 5) is 38.9. The largest absolute Gasteiger partial charge is 0.497 e. The molecule has 0 aromatic heterocycles. The maximum absolute atomic E-state index is 13.5. The summed E-state index contributed by atoms with van der Waals surface area (Å²) in [6, 6.07) is 15.7. The third-order valence-corrected chi connectivity index (χ3v) is 5.86. The van der Waals surface area contributed by atoms with Crippen LogP contribution < -0.4 is 15.8 Å². The van der Waals surface area contributed by atoms with Gasteiger partial charge in [0.25, 0.3) is 5.91 Å². The van der Waals surface area contributed by atoms with Crippen molar-refractivity contribution in [2.24, 2.45) is 5.73 Å². The molecule has 9 nitrogen and oxygen atoms in total. The molecule has 3 rings (SSSR count).